The summed E-state index contributed by atoms with van der Waals surface area (Å²) in [6.07, 6.45) is 0. The second kappa shape index (κ2) is 6.56. The van der Waals surface area contributed by atoms with Crippen LogP contribution in [0.1, 0.15) is 18.5 Å². The zero-order chi connectivity index (χ0) is 15.6. The van der Waals surface area contributed by atoms with Crippen LogP contribution in [0.15, 0.2) is 56.3 Å². The van der Waals surface area contributed by atoms with Crippen molar-refractivity contribution in [3.63, 3.8) is 0 Å². The Hall–Kier alpha value is -0.760. The lowest BCUT2D eigenvalue weighted by molar-refractivity contribution is 0.566. The van der Waals surface area contributed by atoms with Crippen molar-refractivity contribution in [2.75, 3.05) is 0 Å². The van der Waals surface area contributed by atoms with Crippen LogP contribution in [0.4, 0.5) is 4.39 Å². The maximum Gasteiger partial charge on any atom is 0.242 e. The fourth-order valence-corrected chi connectivity index (χ4v) is 4.79. The average molecular weight is 437 g/mol. The fourth-order valence-electron chi connectivity index (χ4n) is 1.81. The first-order valence-electron chi connectivity index (χ1n) is 6.02. The summed E-state index contributed by atoms with van der Waals surface area (Å²) in [5, 5.41) is 0. The Morgan fingerprint density at radius 3 is 2.29 bits per heavy atom. The molecule has 1 atom stereocenters. The molecule has 0 spiro atoms. The molecule has 0 amide bonds. The molecule has 1 unspecified atom stereocenters. The minimum absolute atomic E-state index is 0.152. The van der Waals surface area contributed by atoms with Crippen molar-refractivity contribution in [2.24, 2.45) is 0 Å². The highest BCUT2D eigenvalue weighted by Crippen LogP contribution is 2.27. The van der Waals surface area contributed by atoms with Gasteiger partial charge in [-0.15, -0.1) is 0 Å². The van der Waals surface area contributed by atoms with Gasteiger partial charge in [0.25, 0.3) is 0 Å². The Bertz CT molecular complexity index is 748. The van der Waals surface area contributed by atoms with Crippen LogP contribution >= 0.6 is 31.9 Å². The molecule has 2 aromatic carbocycles. The fraction of sp³-hybridized carbons (Fsp3) is 0.143. The Morgan fingerprint density at radius 1 is 1.10 bits per heavy atom. The Balaban J connectivity index is 2.26. The summed E-state index contributed by atoms with van der Waals surface area (Å²) in [4.78, 5) is 0.152. The van der Waals surface area contributed by atoms with E-state index in [1.165, 1.54) is 18.2 Å². The zero-order valence-electron chi connectivity index (χ0n) is 11.0. The number of nitrogens with one attached hydrogen (secondary N) is 1. The second-order valence-electron chi connectivity index (χ2n) is 4.47. The second-order valence-corrected chi connectivity index (χ2v) is 7.92. The van der Waals surface area contributed by atoms with Gasteiger partial charge in [-0.25, -0.2) is 17.5 Å². The predicted molar refractivity (Wildman–Crippen MR) is 87.0 cm³/mol. The van der Waals surface area contributed by atoms with Crippen LogP contribution in [0.25, 0.3) is 0 Å². The van der Waals surface area contributed by atoms with Gasteiger partial charge in [0, 0.05) is 15.0 Å². The normalized spacial score (nSPS) is 13.1. The van der Waals surface area contributed by atoms with Crippen LogP contribution < -0.4 is 4.72 Å². The molecule has 21 heavy (non-hydrogen) atoms. The highest BCUT2D eigenvalue weighted by Gasteiger charge is 2.21. The van der Waals surface area contributed by atoms with E-state index in [1.807, 2.05) is 0 Å². The van der Waals surface area contributed by atoms with Crippen molar-refractivity contribution in [1.82, 2.24) is 4.72 Å². The number of rotatable bonds is 4. The molecule has 7 heteroatoms. The zero-order valence-corrected chi connectivity index (χ0v) is 15.0. The molecule has 0 saturated heterocycles. The maximum atomic E-state index is 12.9. The van der Waals surface area contributed by atoms with E-state index in [2.05, 4.69) is 36.6 Å². The number of benzene rings is 2. The lowest BCUT2D eigenvalue weighted by Crippen LogP contribution is -2.27. The van der Waals surface area contributed by atoms with E-state index < -0.39 is 16.1 Å². The van der Waals surface area contributed by atoms with Crippen LogP contribution in [0.2, 0.25) is 0 Å². The standard InChI is InChI=1S/C14H12Br2FNO2S/c1-9(10-2-5-12(17)6-3-10)18-21(19,20)14-7-4-11(15)8-13(14)16/h2-9,18H,1H3. The summed E-state index contributed by atoms with van der Waals surface area (Å²) in [5.74, 6) is -0.357. The lowest BCUT2D eigenvalue weighted by atomic mass is 10.1. The predicted octanol–water partition coefficient (Wildman–Crippen LogP) is 4.39. The molecule has 0 aliphatic heterocycles. The van der Waals surface area contributed by atoms with Crippen molar-refractivity contribution in [3.8, 4) is 0 Å². The molecule has 0 aromatic heterocycles. The minimum Gasteiger partial charge on any atom is -0.207 e. The van der Waals surface area contributed by atoms with E-state index in [9.17, 15) is 12.8 Å². The first-order valence-corrected chi connectivity index (χ1v) is 9.09. The van der Waals surface area contributed by atoms with Crippen LogP contribution in [-0.4, -0.2) is 8.42 Å². The van der Waals surface area contributed by atoms with Crippen LogP contribution in [0.3, 0.4) is 0 Å². The van der Waals surface area contributed by atoms with E-state index in [-0.39, 0.29) is 10.7 Å². The molecule has 0 bridgehead atoms. The molecule has 0 fully saturated rings. The molecule has 3 nitrogen and oxygen atoms in total. The van der Waals surface area contributed by atoms with Crippen LogP contribution in [0, 0.1) is 5.82 Å². The van der Waals surface area contributed by atoms with Gasteiger partial charge < -0.3 is 0 Å². The van der Waals surface area contributed by atoms with E-state index in [1.54, 1.807) is 31.2 Å². The molecule has 0 aliphatic rings. The largest absolute Gasteiger partial charge is 0.242 e. The first kappa shape index (κ1) is 16.6. The maximum absolute atomic E-state index is 12.9. The Kier molecular flexibility index (Phi) is 5.19. The third kappa shape index (κ3) is 4.12. The molecular formula is C14H12Br2FNO2S. The summed E-state index contributed by atoms with van der Waals surface area (Å²) in [6.45, 7) is 1.71. The van der Waals surface area contributed by atoms with E-state index in [0.717, 1.165) is 4.47 Å². The third-order valence-electron chi connectivity index (χ3n) is 2.89. The smallest absolute Gasteiger partial charge is 0.207 e. The summed E-state index contributed by atoms with van der Waals surface area (Å²) < 4.78 is 41.5. The molecule has 0 radical (unpaired) electrons. The highest BCUT2D eigenvalue weighted by molar-refractivity contribution is 9.11. The molecule has 0 saturated carbocycles. The van der Waals surface area contributed by atoms with Gasteiger partial charge in [0.1, 0.15) is 5.82 Å². The van der Waals surface area contributed by atoms with Crippen molar-refractivity contribution < 1.29 is 12.8 Å². The van der Waals surface area contributed by atoms with Crippen LogP contribution in [0.5, 0.6) is 0 Å². The lowest BCUT2D eigenvalue weighted by Gasteiger charge is -2.15. The third-order valence-corrected chi connectivity index (χ3v) is 5.90. The highest BCUT2D eigenvalue weighted by atomic mass is 79.9. The topological polar surface area (TPSA) is 46.2 Å². The summed E-state index contributed by atoms with van der Waals surface area (Å²) >= 11 is 6.52. The van der Waals surface area contributed by atoms with E-state index in [4.69, 9.17) is 0 Å². The molecule has 112 valence electrons. The number of sulfonamides is 1. The van der Waals surface area contributed by atoms with Gasteiger partial charge in [-0.1, -0.05) is 28.1 Å². The molecule has 1 N–H and O–H groups in total. The van der Waals surface area contributed by atoms with Gasteiger partial charge in [0.05, 0.1) is 4.90 Å². The number of hydrogen-bond donors (Lipinski definition) is 1. The van der Waals surface area contributed by atoms with E-state index >= 15 is 0 Å². The van der Waals surface area contributed by atoms with Gasteiger partial charge in [-0.3, -0.25) is 0 Å². The van der Waals surface area contributed by atoms with Gasteiger partial charge >= 0.3 is 0 Å². The van der Waals surface area contributed by atoms with Crippen molar-refractivity contribution in [2.45, 2.75) is 17.9 Å². The molecule has 2 rings (SSSR count). The molecule has 0 heterocycles. The minimum atomic E-state index is -3.68. The first-order chi connectivity index (χ1) is 9.79. The summed E-state index contributed by atoms with van der Waals surface area (Å²) in [6, 6.07) is 10.1. The number of hydrogen-bond acceptors (Lipinski definition) is 2. The number of halogens is 3. The van der Waals surface area contributed by atoms with Crippen molar-refractivity contribution in [1.29, 1.82) is 0 Å². The van der Waals surface area contributed by atoms with Crippen molar-refractivity contribution in [3.05, 3.63) is 62.8 Å². The van der Waals surface area contributed by atoms with Crippen LogP contribution in [-0.2, 0) is 10.0 Å². The monoisotopic (exact) mass is 435 g/mol. The summed E-state index contributed by atoms with van der Waals surface area (Å²) in [7, 11) is -3.68. The van der Waals surface area contributed by atoms with Gasteiger partial charge in [0.2, 0.25) is 10.0 Å². The quantitative estimate of drug-likeness (QED) is 0.772. The van der Waals surface area contributed by atoms with Crippen molar-refractivity contribution >= 4 is 41.9 Å². The average Bonchev–Trinajstić information content (AvgIpc) is 2.38. The summed E-state index contributed by atoms with van der Waals surface area (Å²) in [5.41, 5.74) is 0.688. The SMILES string of the molecule is CC(NS(=O)(=O)c1ccc(Br)cc1Br)c1ccc(F)cc1. The van der Waals surface area contributed by atoms with Gasteiger partial charge in [0.15, 0.2) is 0 Å². The molecule has 0 aliphatic carbocycles. The Morgan fingerprint density at radius 2 is 1.71 bits per heavy atom. The molecule has 2 aromatic rings. The van der Waals surface area contributed by atoms with E-state index in [0.29, 0.717) is 10.0 Å². The van der Waals surface area contributed by atoms with Gasteiger partial charge in [-0.2, -0.15) is 0 Å². The van der Waals surface area contributed by atoms with Gasteiger partial charge in [-0.05, 0) is 58.7 Å². The Labute approximate surface area is 139 Å². The molecular weight excluding hydrogens is 425 g/mol.